The SMILES string of the molecule is C1CCC(C2CCCCC2CNC2CC2)CC1. The van der Waals surface area contributed by atoms with Crippen LogP contribution in [0, 0.1) is 17.8 Å². The zero-order chi connectivity index (χ0) is 11.5. The maximum absolute atomic E-state index is 3.80. The van der Waals surface area contributed by atoms with Crippen molar-refractivity contribution < 1.29 is 0 Å². The van der Waals surface area contributed by atoms with Crippen LogP contribution in [-0.2, 0) is 0 Å². The summed E-state index contributed by atoms with van der Waals surface area (Å²) in [5.41, 5.74) is 0. The van der Waals surface area contributed by atoms with Crippen LogP contribution in [0.4, 0.5) is 0 Å². The van der Waals surface area contributed by atoms with Crippen LogP contribution in [0.5, 0.6) is 0 Å². The fraction of sp³-hybridized carbons (Fsp3) is 1.00. The molecule has 3 aliphatic carbocycles. The van der Waals surface area contributed by atoms with E-state index in [1.807, 2.05) is 0 Å². The predicted octanol–water partition coefficient (Wildman–Crippen LogP) is 4.13. The molecule has 1 N–H and O–H groups in total. The maximum Gasteiger partial charge on any atom is 0.00683 e. The Morgan fingerprint density at radius 3 is 2.18 bits per heavy atom. The highest BCUT2D eigenvalue weighted by Crippen LogP contribution is 2.41. The van der Waals surface area contributed by atoms with Crippen LogP contribution in [0.3, 0.4) is 0 Å². The third-order valence-electron chi connectivity index (χ3n) is 5.47. The van der Waals surface area contributed by atoms with Gasteiger partial charge in [-0.25, -0.2) is 0 Å². The Morgan fingerprint density at radius 1 is 0.706 bits per heavy atom. The Morgan fingerprint density at radius 2 is 1.41 bits per heavy atom. The summed E-state index contributed by atoms with van der Waals surface area (Å²) in [5.74, 6) is 3.19. The van der Waals surface area contributed by atoms with Crippen molar-refractivity contribution >= 4 is 0 Å². The molecule has 0 aliphatic heterocycles. The molecule has 0 saturated heterocycles. The Labute approximate surface area is 107 Å². The van der Waals surface area contributed by atoms with Crippen LogP contribution in [0.1, 0.15) is 70.6 Å². The molecular formula is C16H29N. The van der Waals surface area contributed by atoms with Gasteiger partial charge in [-0.3, -0.25) is 0 Å². The van der Waals surface area contributed by atoms with Gasteiger partial charge in [0.25, 0.3) is 0 Å². The molecule has 0 spiro atoms. The second-order valence-electron chi connectivity index (χ2n) is 6.79. The van der Waals surface area contributed by atoms with E-state index in [1.54, 1.807) is 19.3 Å². The van der Waals surface area contributed by atoms with Crippen molar-refractivity contribution in [2.45, 2.75) is 76.7 Å². The van der Waals surface area contributed by atoms with Crippen LogP contribution >= 0.6 is 0 Å². The normalized spacial score (nSPS) is 36.0. The first kappa shape index (κ1) is 12.0. The zero-order valence-electron chi connectivity index (χ0n) is 11.3. The number of rotatable bonds is 4. The standard InChI is InChI=1S/C16H29N/c1-2-6-13(7-3-1)16-9-5-4-8-14(16)12-17-15-10-11-15/h13-17H,1-12H2. The first-order valence-corrected chi connectivity index (χ1v) is 8.17. The van der Waals surface area contributed by atoms with Gasteiger partial charge < -0.3 is 5.32 Å². The molecule has 0 radical (unpaired) electrons. The van der Waals surface area contributed by atoms with Crippen molar-refractivity contribution in [3.05, 3.63) is 0 Å². The summed E-state index contributed by atoms with van der Waals surface area (Å²) in [6.45, 7) is 1.34. The van der Waals surface area contributed by atoms with Crippen LogP contribution in [0.25, 0.3) is 0 Å². The molecule has 17 heavy (non-hydrogen) atoms. The summed E-state index contributed by atoms with van der Waals surface area (Å²) in [6.07, 6.45) is 16.6. The molecule has 0 aromatic carbocycles. The largest absolute Gasteiger partial charge is 0.314 e. The van der Waals surface area contributed by atoms with Crippen molar-refractivity contribution in [3.8, 4) is 0 Å². The fourth-order valence-corrected chi connectivity index (χ4v) is 4.28. The van der Waals surface area contributed by atoms with E-state index in [0.29, 0.717) is 0 Å². The number of hydrogen-bond acceptors (Lipinski definition) is 1. The third-order valence-corrected chi connectivity index (χ3v) is 5.47. The van der Waals surface area contributed by atoms with Gasteiger partial charge in [0.05, 0.1) is 0 Å². The smallest absolute Gasteiger partial charge is 0.00683 e. The first-order chi connectivity index (χ1) is 8.43. The van der Waals surface area contributed by atoms with E-state index in [2.05, 4.69) is 5.32 Å². The molecular weight excluding hydrogens is 206 g/mol. The molecule has 0 aromatic rings. The minimum Gasteiger partial charge on any atom is -0.314 e. The Balaban J connectivity index is 1.53. The van der Waals surface area contributed by atoms with Crippen LogP contribution in [0.2, 0.25) is 0 Å². The van der Waals surface area contributed by atoms with Gasteiger partial charge in [0.2, 0.25) is 0 Å². The van der Waals surface area contributed by atoms with Crippen LogP contribution < -0.4 is 5.32 Å². The molecule has 0 amide bonds. The Kier molecular flexibility index (Phi) is 4.05. The molecule has 98 valence electrons. The summed E-state index contributed by atoms with van der Waals surface area (Å²) >= 11 is 0. The summed E-state index contributed by atoms with van der Waals surface area (Å²) in [6, 6.07) is 0.906. The van der Waals surface area contributed by atoms with Gasteiger partial charge in [-0.1, -0.05) is 44.9 Å². The van der Waals surface area contributed by atoms with Gasteiger partial charge in [0, 0.05) is 6.04 Å². The lowest BCUT2D eigenvalue weighted by molar-refractivity contribution is 0.126. The highest BCUT2D eigenvalue weighted by molar-refractivity contribution is 4.87. The van der Waals surface area contributed by atoms with E-state index in [4.69, 9.17) is 0 Å². The summed E-state index contributed by atoms with van der Waals surface area (Å²) in [7, 11) is 0. The van der Waals surface area contributed by atoms with Crippen molar-refractivity contribution in [3.63, 3.8) is 0 Å². The van der Waals surface area contributed by atoms with E-state index < -0.39 is 0 Å². The second kappa shape index (κ2) is 5.73. The fourth-order valence-electron chi connectivity index (χ4n) is 4.28. The van der Waals surface area contributed by atoms with E-state index in [0.717, 1.165) is 23.8 Å². The monoisotopic (exact) mass is 235 g/mol. The average Bonchev–Trinajstić information content (AvgIpc) is 3.22. The molecule has 1 nitrogen and oxygen atoms in total. The number of hydrogen-bond donors (Lipinski definition) is 1. The summed E-state index contributed by atoms with van der Waals surface area (Å²) in [5, 5.41) is 3.80. The molecule has 2 atom stereocenters. The van der Waals surface area contributed by atoms with E-state index in [-0.39, 0.29) is 0 Å². The topological polar surface area (TPSA) is 12.0 Å². The highest BCUT2D eigenvalue weighted by Gasteiger charge is 2.33. The summed E-state index contributed by atoms with van der Waals surface area (Å²) < 4.78 is 0. The molecule has 3 rings (SSSR count). The second-order valence-corrected chi connectivity index (χ2v) is 6.79. The average molecular weight is 235 g/mol. The van der Waals surface area contributed by atoms with Crippen molar-refractivity contribution in [1.29, 1.82) is 0 Å². The Hall–Kier alpha value is -0.0400. The lowest BCUT2D eigenvalue weighted by Crippen LogP contribution is -2.36. The van der Waals surface area contributed by atoms with Gasteiger partial charge in [0.15, 0.2) is 0 Å². The maximum atomic E-state index is 3.80. The van der Waals surface area contributed by atoms with Crippen LogP contribution in [0.15, 0.2) is 0 Å². The lowest BCUT2D eigenvalue weighted by atomic mass is 9.68. The van der Waals surface area contributed by atoms with Gasteiger partial charge in [-0.15, -0.1) is 0 Å². The van der Waals surface area contributed by atoms with Gasteiger partial charge in [-0.05, 0) is 50.0 Å². The van der Waals surface area contributed by atoms with Crippen LogP contribution in [-0.4, -0.2) is 12.6 Å². The van der Waals surface area contributed by atoms with E-state index >= 15 is 0 Å². The van der Waals surface area contributed by atoms with E-state index in [9.17, 15) is 0 Å². The minimum absolute atomic E-state index is 0.906. The zero-order valence-corrected chi connectivity index (χ0v) is 11.3. The first-order valence-electron chi connectivity index (χ1n) is 8.17. The molecule has 1 heteroatoms. The summed E-state index contributed by atoms with van der Waals surface area (Å²) in [4.78, 5) is 0. The van der Waals surface area contributed by atoms with Gasteiger partial charge in [0.1, 0.15) is 0 Å². The lowest BCUT2D eigenvalue weighted by Gasteiger charge is -2.39. The molecule has 3 saturated carbocycles. The third kappa shape index (κ3) is 3.24. The molecule has 3 fully saturated rings. The predicted molar refractivity (Wildman–Crippen MR) is 73.0 cm³/mol. The van der Waals surface area contributed by atoms with Crippen molar-refractivity contribution in [2.24, 2.45) is 17.8 Å². The minimum atomic E-state index is 0.906. The Bertz CT molecular complexity index is 228. The van der Waals surface area contributed by atoms with E-state index in [1.165, 1.54) is 57.9 Å². The quantitative estimate of drug-likeness (QED) is 0.772. The molecule has 0 aromatic heterocycles. The molecule has 0 heterocycles. The molecule has 2 unspecified atom stereocenters. The number of nitrogens with one attached hydrogen (secondary N) is 1. The van der Waals surface area contributed by atoms with Crippen molar-refractivity contribution in [1.82, 2.24) is 5.32 Å². The van der Waals surface area contributed by atoms with Gasteiger partial charge >= 0.3 is 0 Å². The molecule has 3 aliphatic rings. The van der Waals surface area contributed by atoms with Crippen molar-refractivity contribution in [2.75, 3.05) is 6.54 Å². The molecule has 0 bridgehead atoms. The van der Waals surface area contributed by atoms with Gasteiger partial charge in [-0.2, -0.15) is 0 Å². The highest BCUT2D eigenvalue weighted by atomic mass is 14.9.